The van der Waals surface area contributed by atoms with Crippen molar-refractivity contribution in [3.8, 4) is 22.6 Å². The first-order valence-electron chi connectivity index (χ1n) is 10.1. The Kier molecular flexibility index (Phi) is 7.34. The van der Waals surface area contributed by atoms with Gasteiger partial charge in [-0.25, -0.2) is 18.0 Å². The summed E-state index contributed by atoms with van der Waals surface area (Å²) < 4.78 is 51.2. The van der Waals surface area contributed by atoms with E-state index in [1.165, 1.54) is 11.6 Å². The number of benzene rings is 3. The van der Waals surface area contributed by atoms with Crippen LogP contribution in [0.4, 0.5) is 13.2 Å². The highest BCUT2D eigenvalue weighted by atomic mass is 19.3. The summed E-state index contributed by atoms with van der Waals surface area (Å²) >= 11 is 0. The summed E-state index contributed by atoms with van der Waals surface area (Å²) in [5.41, 5.74) is 2.32. The van der Waals surface area contributed by atoms with Gasteiger partial charge in [-0.2, -0.15) is 0 Å². The van der Waals surface area contributed by atoms with Gasteiger partial charge in [0.05, 0.1) is 12.2 Å². The van der Waals surface area contributed by atoms with Gasteiger partial charge >= 0.3 is 5.97 Å². The molecule has 0 N–H and O–H groups in total. The molecule has 6 heteroatoms. The Labute approximate surface area is 179 Å². The lowest BCUT2D eigenvalue weighted by Gasteiger charge is -2.13. The molecule has 0 aliphatic carbocycles. The molecule has 0 heterocycles. The summed E-state index contributed by atoms with van der Waals surface area (Å²) in [5, 5.41) is 0. The lowest BCUT2D eigenvalue weighted by Crippen LogP contribution is -2.11. The van der Waals surface area contributed by atoms with E-state index in [-0.39, 0.29) is 17.9 Å². The molecule has 0 spiro atoms. The Morgan fingerprint density at radius 2 is 1.45 bits per heavy atom. The van der Waals surface area contributed by atoms with E-state index in [2.05, 4.69) is 19.1 Å². The Morgan fingerprint density at radius 1 is 0.871 bits per heavy atom. The fraction of sp³-hybridized carbons (Fsp3) is 0.240. The van der Waals surface area contributed by atoms with Gasteiger partial charge in [0.15, 0.2) is 11.6 Å². The fourth-order valence-electron chi connectivity index (χ4n) is 3.22. The molecule has 0 fully saturated rings. The van der Waals surface area contributed by atoms with E-state index in [4.69, 9.17) is 9.47 Å². The molecule has 162 valence electrons. The molecule has 0 bridgehead atoms. The third-order valence-corrected chi connectivity index (χ3v) is 4.77. The van der Waals surface area contributed by atoms with Gasteiger partial charge in [-0.1, -0.05) is 49.7 Å². The van der Waals surface area contributed by atoms with Crippen molar-refractivity contribution in [2.75, 3.05) is 6.61 Å². The van der Waals surface area contributed by atoms with Crippen molar-refractivity contribution in [2.24, 2.45) is 0 Å². The van der Waals surface area contributed by atoms with Gasteiger partial charge < -0.3 is 9.47 Å². The van der Waals surface area contributed by atoms with Crippen LogP contribution in [0.25, 0.3) is 11.1 Å². The fourth-order valence-corrected chi connectivity index (χ4v) is 3.22. The molecule has 0 unspecified atom stereocenters. The van der Waals surface area contributed by atoms with Crippen LogP contribution in [0.3, 0.4) is 0 Å². The van der Waals surface area contributed by atoms with Crippen LogP contribution in [0.1, 0.15) is 48.2 Å². The lowest BCUT2D eigenvalue weighted by atomic mass is 10.0. The van der Waals surface area contributed by atoms with Crippen LogP contribution in [0.2, 0.25) is 0 Å². The monoisotopic (exact) mass is 428 g/mol. The third-order valence-electron chi connectivity index (χ3n) is 4.77. The van der Waals surface area contributed by atoms with Gasteiger partial charge in [-0.15, -0.1) is 0 Å². The highest BCUT2D eigenvalue weighted by Gasteiger charge is 2.25. The van der Waals surface area contributed by atoms with Gasteiger partial charge in [-0.3, -0.25) is 0 Å². The quantitative estimate of drug-likeness (QED) is 0.286. The molecule has 0 saturated carbocycles. The van der Waals surface area contributed by atoms with Crippen LogP contribution in [0, 0.1) is 5.82 Å². The van der Waals surface area contributed by atoms with Crippen molar-refractivity contribution < 1.29 is 27.4 Å². The first kappa shape index (κ1) is 22.4. The van der Waals surface area contributed by atoms with Gasteiger partial charge in [0.25, 0.3) is 6.43 Å². The highest BCUT2D eigenvalue weighted by molar-refractivity contribution is 5.91. The number of alkyl halides is 2. The molecule has 0 amide bonds. The van der Waals surface area contributed by atoms with E-state index >= 15 is 0 Å². The minimum Gasteiger partial charge on any atom is -0.491 e. The SMILES string of the molecule is CCCc1ccc(-c2ccc(C(=O)Oc3ccc(OCC)c(F)c3C(F)F)cc2)cc1. The molecule has 0 aliphatic rings. The molecular weight excluding hydrogens is 405 g/mol. The van der Waals surface area contributed by atoms with Gasteiger partial charge in [0.1, 0.15) is 11.3 Å². The van der Waals surface area contributed by atoms with Gasteiger partial charge in [0.2, 0.25) is 0 Å². The number of esters is 1. The van der Waals surface area contributed by atoms with E-state index in [1.807, 2.05) is 12.1 Å². The van der Waals surface area contributed by atoms with Gasteiger partial charge in [0, 0.05) is 0 Å². The van der Waals surface area contributed by atoms with E-state index in [1.54, 1.807) is 31.2 Å². The van der Waals surface area contributed by atoms with E-state index < -0.39 is 29.5 Å². The second-order valence-electron chi connectivity index (χ2n) is 6.94. The average molecular weight is 428 g/mol. The highest BCUT2D eigenvalue weighted by Crippen LogP contribution is 2.36. The minimum atomic E-state index is -3.17. The maximum absolute atomic E-state index is 14.3. The molecule has 3 aromatic rings. The van der Waals surface area contributed by atoms with E-state index in [0.717, 1.165) is 30.0 Å². The Hall–Kier alpha value is -3.28. The normalized spacial score (nSPS) is 10.9. The molecule has 0 radical (unpaired) electrons. The third kappa shape index (κ3) is 5.26. The van der Waals surface area contributed by atoms with Crippen molar-refractivity contribution >= 4 is 5.97 Å². The topological polar surface area (TPSA) is 35.5 Å². The lowest BCUT2D eigenvalue weighted by molar-refractivity contribution is 0.0720. The standard InChI is InChI=1S/C25H23F3O3/c1-3-5-16-6-8-17(9-7-16)18-10-12-19(13-11-18)25(29)31-20-14-15-21(30-4-2)23(26)22(20)24(27)28/h6-15,24H,3-5H2,1-2H3. The largest absolute Gasteiger partial charge is 0.491 e. The second-order valence-corrected chi connectivity index (χ2v) is 6.94. The second kappa shape index (κ2) is 10.2. The molecule has 3 nitrogen and oxygen atoms in total. The number of carbonyl (C=O) groups excluding carboxylic acids is 1. The van der Waals surface area contributed by atoms with E-state index in [0.29, 0.717) is 0 Å². The molecule has 3 rings (SSSR count). The maximum Gasteiger partial charge on any atom is 0.343 e. The Bertz CT molecular complexity index is 1030. The molecule has 0 atom stereocenters. The smallest absolute Gasteiger partial charge is 0.343 e. The Balaban J connectivity index is 1.79. The molecule has 3 aromatic carbocycles. The number of aryl methyl sites for hydroxylation is 1. The summed E-state index contributed by atoms with van der Waals surface area (Å²) in [6.07, 6.45) is -1.08. The minimum absolute atomic E-state index is 0.117. The predicted octanol–water partition coefficient (Wildman–Crippen LogP) is 7.00. The van der Waals surface area contributed by atoms with Crippen molar-refractivity contribution in [2.45, 2.75) is 33.1 Å². The van der Waals surface area contributed by atoms with Crippen LogP contribution in [-0.4, -0.2) is 12.6 Å². The van der Waals surface area contributed by atoms with E-state index in [9.17, 15) is 18.0 Å². The number of ether oxygens (including phenoxy) is 2. The number of carbonyl (C=O) groups is 1. The Morgan fingerprint density at radius 3 is 2.00 bits per heavy atom. The molecular formula is C25H23F3O3. The molecule has 0 aromatic heterocycles. The van der Waals surface area contributed by atoms with Crippen molar-refractivity contribution in [1.82, 2.24) is 0 Å². The van der Waals surface area contributed by atoms with Crippen molar-refractivity contribution in [3.63, 3.8) is 0 Å². The van der Waals surface area contributed by atoms with Crippen molar-refractivity contribution in [3.05, 3.63) is 83.2 Å². The van der Waals surface area contributed by atoms with Crippen LogP contribution in [0.15, 0.2) is 60.7 Å². The summed E-state index contributed by atoms with van der Waals surface area (Å²) in [6, 6.07) is 17.0. The summed E-state index contributed by atoms with van der Waals surface area (Å²) in [5.74, 6) is -2.93. The first-order chi connectivity index (χ1) is 14.9. The zero-order valence-electron chi connectivity index (χ0n) is 17.3. The number of rotatable bonds is 8. The molecule has 0 aliphatic heterocycles. The van der Waals surface area contributed by atoms with Crippen molar-refractivity contribution in [1.29, 1.82) is 0 Å². The zero-order valence-corrected chi connectivity index (χ0v) is 17.3. The zero-order chi connectivity index (χ0) is 22.4. The van der Waals surface area contributed by atoms with Gasteiger partial charge in [-0.05, 0) is 54.3 Å². The first-order valence-corrected chi connectivity index (χ1v) is 10.1. The number of halogens is 3. The average Bonchev–Trinajstić information content (AvgIpc) is 2.76. The predicted molar refractivity (Wildman–Crippen MR) is 113 cm³/mol. The summed E-state index contributed by atoms with van der Waals surface area (Å²) in [7, 11) is 0. The maximum atomic E-state index is 14.3. The number of hydrogen-bond donors (Lipinski definition) is 0. The molecule has 31 heavy (non-hydrogen) atoms. The summed E-state index contributed by atoms with van der Waals surface area (Å²) in [6.45, 7) is 3.85. The number of hydrogen-bond acceptors (Lipinski definition) is 3. The summed E-state index contributed by atoms with van der Waals surface area (Å²) in [4.78, 5) is 12.5. The van der Waals surface area contributed by atoms with Crippen LogP contribution < -0.4 is 9.47 Å². The van der Waals surface area contributed by atoms with Crippen LogP contribution in [0.5, 0.6) is 11.5 Å². The molecule has 0 saturated heterocycles. The van der Waals surface area contributed by atoms with Crippen LogP contribution in [-0.2, 0) is 6.42 Å². The van der Waals surface area contributed by atoms with Crippen LogP contribution >= 0.6 is 0 Å².